The van der Waals surface area contributed by atoms with Crippen LogP contribution in [-0.2, 0) is 9.59 Å². The Morgan fingerprint density at radius 1 is 1.28 bits per heavy atom. The number of benzene rings is 1. The molecule has 1 aromatic rings. The topological polar surface area (TPSA) is 75.4 Å². The van der Waals surface area contributed by atoms with Gasteiger partial charge in [-0.2, -0.15) is 0 Å². The van der Waals surface area contributed by atoms with Gasteiger partial charge in [-0.25, -0.2) is 0 Å². The third-order valence-corrected chi connectivity index (χ3v) is 4.87. The Morgan fingerprint density at radius 2 is 1.84 bits per heavy atom. The zero-order valence-corrected chi connectivity index (χ0v) is 17.3. The number of nitrogens with two attached hydrogens (primary N) is 1. The van der Waals surface area contributed by atoms with Gasteiger partial charge in [-0.15, -0.1) is 24.2 Å². The predicted molar refractivity (Wildman–Crippen MR) is 109 cm³/mol. The molecule has 3 N–H and O–H groups in total. The van der Waals surface area contributed by atoms with Gasteiger partial charge in [0.25, 0.3) is 0 Å². The average molecular weight is 388 g/mol. The van der Waals surface area contributed by atoms with Gasteiger partial charge in [0.15, 0.2) is 0 Å². The maximum absolute atomic E-state index is 12.4. The summed E-state index contributed by atoms with van der Waals surface area (Å²) in [6.07, 6.45) is 0. The van der Waals surface area contributed by atoms with Crippen molar-refractivity contribution in [2.45, 2.75) is 32.9 Å². The summed E-state index contributed by atoms with van der Waals surface area (Å²) in [7, 11) is 1.78. The molecule has 0 aliphatic carbocycles. The number of halogens is 1. The van der Waals surface area contributed by atoms with Crippen molar-refractivity contribution in [3.8, 4) is 0 Å². The Labute approximate surface area is 161 Å². The molecule has 25 heavy (non-hydrogen) atoms. The number of aryl methyl sites for hydroxylation is 1. The number of anilines is 1. The van der Waals surface area contributed by atoms with Gasteiger partial charge in [0.05, 0.1) is 11.0 Å². The molecule has 142 valence electrons. The van der Waals surface area contributed by atoms with Crippen molar-refractivity contribution in [3.63, 3.8) is 0 Å². The monoisotopic (exact) mass is 387 g/mol. The maximum atomic E-state index is 12.4. The molecule has 0 fully saturated rings. The van der Waals surface area contributed by atoms with Crippen molar-refractivity contribution >= 4 is 41.7 Å². The molecule has 1 rings (SSSR count). The average Bonchev–Trinajstić information content (AvgIpc) is 2.53. The smallest absolute Gasteiger partial charge is 0.235 e. The van der Waals surface area contributed by atoms with Crippen LogP contribution in [0.3, 0.4) is 0 Å². The summed E-state index contributed by atoms with van der Waals surface area (Å²) in [6.45, 7) is 9.01. The van der Waals surface area contributed by atoms with Gasteiger partial charge < -0.3 is 16.0 Å². The number of thioether (sulfide) groups is 1. The summed E-state index contributed by atoms with van der Waals surface area (Å²) in [4.78, 5) is 26.1. The van der Waals surface area contributed by atoms with Crippen LogP contribution in [0.2, 0.25) is 0 Å². The minimum Gasteiger partial charge on any atom is -0.344 e. The summed E-state index contributed by atoms with van der Waals surface area (Å²) in [5.74, 6) is 0.160. The fourth-order valence-corrected chi connectivity index (χ4v) is 3.00. The van der Waals surface area contributed by atoms with E-state index in [0.717, 1.165) is 11.3 Å². The van der Waals surface area contributed by atoms with Crippen LogP contribution in [0, 0.1) is 12.3 Å². The van der Waals surface area contributed by atoms with Gasteiger partial charge in [0.1, 0.15) is 0 Å². The van der Waals surface area contributed by atoms with Crippen LogP contribution >= 0.6 is 24.2 Å². The molecule has 0 spiro atoms. The van der Waals surface area contributed by atoms with Crippen molar-refractivity contribution in [2.24, 2.45) is 11.1 Å². The molecule has 5 nitrogen and oxygen atoms in total. The van der Waals surface area contributed by atoms with Crippen LogP contribution in [0.15, 0.2) is 24.3 Å². The lowest BCUT2D eigenvalue weighted by molar-refractivity contribution is -0.130. The first-order valence-corrected chi connectivity index (χ1v) is 9.12. The lowest BCUT2D eigenvalue weighted by atomic mass is 9.93. The Hall–Kier alpha value is -1.24. The summed E-state index contributed by atoms with van der Waals surface area (Å²) >= 11 is 1.34. The first-order valence-electron chi connectivity index (χ1n) is 8.08. The molecule has 0 aliphatic heterocycles. The largest absolute Gasteiger partial charge is 0.344 e. The molecule has 0 bridgehead atoms. The highest BCUT2D eigenvalue weighted by molar-refractivity contribution is 8.01. The molecule has 0 heterocycles. The number of hydrogen-bond donors (Lipinski definition) is 2. The second kappa shape index (κ2) is 10.7. The molecule has 2 amide bonds. The van der Waals surface area contributed by atoms with Gasteiger partial charge in [0, 0.05) is 19.3 Å². The van der Waals surface area contributed by atoms with Crippen molar-refractivity contribution in [1.29, 1.82) is 0 Å². The van der Waals surface area contributed by atoms with E-state index in [2.05, 4.69) is 5.32 Å². The minimum atomic E-state index is -0.271. The number of nitrogens with zero attached hydrogens (tertiary/aromatic N) is 1. The molecule has 1 atom stereocenters. The van der Waals surface area contributed by atoms with E-state index in [1.165, 1.54) is 11.8 Å². The second-order valence-electron chi connectivity index (χ2n) is 6.93. The molecular formula is C18H30ClN3O2S. The summed E-state index contributed by atoms with van der Waals surface area (Å²) in [6, 6.07) is 7.64. The van der Waals surface area contributed by atoms with Gasteiger partial charge in [0.2, 0.25) is 11.8 Å². The third kappa shape index (κ3) is 8.61. The number of carbonyl (C=O) groups excluding carboxylic acids is 2. The molecule has 1 aromatic carbocycles. The minimum absolute atomic E-state index is 0. The first kappa shape index (κ1) is 23.8. The van der Waals surface area contributed by atoms with E-state index in [1.54, 1.807) is 11.9 Å². The molecule has 0 radical (unpaired) electrons. The summed E-state index contributed by atoms with van der Waals surface area (Å²) in [5.41, 5.74) is 7.52. The number of carbonyl (C=O) groups is 2. The van der Waals surface area contributed by atoms with Gasteiger partial charge in [-0.05, 0) is 37.9 Å². The Balaban J connectivity index is 0.00000576. The molecule has 7 heteroatoms. The van der Waals surface area contributed by atoms with Crippen LogP contribution in [0.25, 0.3) is 0 Å². The van der Waals surface area contributed by atoms with E-state index in [4.69, 9.17) is 5.73 Å². The summed E-state index contributed by atoms with van der Waals surface area (Å²) in [5, 5.41) is 2.57. The second-order valence-corrected chi connectivity index (χ2v) is 8.26. The number of amides is 2. The number of hydrogen-bond acceptors (Lipinski definition) is 4. The van der Waals surface area contributed by atoms with E-state index in [9.17, 15) is 9.59 Å². The Kier molecular flexibility index (Phi) is 10.2. The zero-order valence-electron chi connectivity index (χ0n) is 15.7. The predicted octanol–water partition coefficient (Wildman–Crippen LogP) is 2.92. The van der Waals surface area contributed by atoms with Crippen LogP contribution in [0.4, 0.5) is 5.69 Å². The summed E-state index contributed by atoms with van der Waals surface area (Å²) < 4.78 is 0. The lowest BCUT2D eigenvalue weighted by Gasteiger charge is -2.30. The fraction of sp³-hybridized carbons (Fsp3) is 0.556. The Morgan fingerprint density at radius 3 is 2.36 bits per heavy atom. The lowest BCUT2D eigenvalue weighted by Crippen LogP contribution is -2.42. The van der Waals surface area contributed by atoms with E-state index >= 15 is 0 Å². The molecule has 0 saturated heterocycles. The van der Waals surface area contributed by atoms with Crippen LogP contribution in [-0.4, -0.2) is 47.9 Å². The van der Waals surface area contributed by atoms with Gasteiger partial charge >= 0.3 is 0 Å². The van der Waals surface area contributed by atoms with E-state index < -0.39 is 0 Å². The SMILES string of the molecule is Cc1ccc(NC(=O)CSC(C)C(=O)N(C)CC(C)(C)CN)cc1.Cl. The normalized spacial score (nSPS) is 12.1. The maximum Gasteiger partial charge on any atom is 0.235 e. The zero-order chi connectivity index (χ0) is 18.3. The third-order valence-electron chi connectivity index (χ3n) is 3.74. The molecule has 0 aromatic heterocycles. The molecule has 1 unspecified atom stereocenters. The quantitative estimate of drug-likeness (QED) is 0.719. The Bertz CT molecular complexity index is 564. The van der Waals surface area contributed by atoms with Crippen LogP contribution in [0.5, 0.6) is 0 Å². The highest BCUT2D eigenvalue weighted by Gasteiger charge is 2.24. The fourth-order valence-electron chi connectivity index (χ4n) is 2.20. The molecule has 0 saturated carbocycles. The number of rotatable bonds is 8. The van der Waals surface area contributed by atoms with E-state index in [1.807, 2.05) is 52.0 Å². The standard InChI is InChI=1S/C18H29N3O2S.ClH/c1-13-6-8-15(9-7-13)20-16(22)10-24-14(2)17(23)21(5)12-18(3,4)11-19;/h6-9,14H,10-12,19H2,1-5H3,(H,20,22);1H. The van der Waals surface area contributed by atoms with Crippen molar-refractivity contribution in [2.75, 3.05) is 31.2 Å². The number of nitrogens with one attached hydrogen (secondary N) is 1. The van der Waals surface area contributed by atoms with Gasteiger partial charge in [-0.3, -0.25) is 9.59 Å². The van der Waals surface area contributed by atoms with E-state index in [0.29, 0.717) is 13.1 Å². The first-order chi connectivity index (χ1) is 11.1. The highest BCUT2D eigenvalue weighted by Crippen LogP contribution is 2.18. The van der Waals surface area contributed by atoms with Crippen LogP contribution < -0.4 is 11.1 Å². The van der Waals surface area contributed by atoms with Crippen molar-refractivity contribution < 1.29 is 9.59 Å². The highest BCUT2D eigenvalue weighted by atomic mass is 35.5. The van der Waals surface area contributed by atoms with Crippen molar-refractivity contribution in [1.82, 2.24) is 4.90 Å². The molecule has 0 aliphatic rings. The van der Waals surface area contributed by atoms with Crippen LogP contribution in [0.1, 0.15) is 26.3 Å². The van der Waals surface area contributed by atoms with Gasteiger partial charge in [-0.1, -0.05) is 31.5 Å². The molecular weight excluding hydrogens is 358 g/mol. The van der Waals surface area contributed by atoms with Crippen molar-refractivity contribution in [3.05, 3.63) is 29.8 Å². The van der Waals surface area contributed by atoms with E-state index in [-0.39, 0.29) is 40.6 Å².